The number of piperazine rings is 1. The van der Waals surface area contributed by atoms with E-state index in [2.05, 4.69) is 27.9 Å². The van der Waals surface area contributed by atoms with Gasteiger partial charge in [-0.15, -0.1) is 11.3 Å². The second kappa shape index (κ2) is 7.36. The molecule has 8 heteroatoms. The van der Waals surface area contributed by atoms with Gasteiger partial charge in [-0.2, -0.15) is 4.31 Å². The molecular formula is C21H24N4O2S2. The minimum Gasteiger partial charge on any atom is -0.354 e. The Labute approximate surface area is 175 Å². The van der Waals surface area contributed by atoms with Crippen molar-refractivity contribution < 1.29 is 8.42 Å². The molecule has 1 saturated heterocycles. The average molecular weight is 429 g/mol. The van der Waals surface area contributed by atoms with Gasteiger partial charge in [0.2, 0.25) is 0 Å². The van der Waals surface area contributed by atoms with E-state index in [1.807, 2.05) is 30.3 Å². The van der Waals surface area contributed by atoms with Gasteiger partial charge in [-0.1, -0.05) is 24.3 Å². The monoisotopic (exact) mass is 428 g/mol. The Bertz CT molecular complexity index is 1150. The zero-order chi connectivity index (χ0) is 20.0. The highest BCUT2D eigenvalue weighted by Gasteiger charge is 2.30. The van der Waals surface area contributed by atoms with Crippen LogP contribution in [0.2, 0.25) is 0 Å². The summed E-state index contributed by atoms with van der Waals surface area (Å²) in [7, 11) is -1.40. The fourth-order valence-electron chi connectivity index (χ4n) is 4.13. The third kappa shape index (κ3) is 3.44. The van der Waals surface area contributed by atoms with E-state index in [1.54, 1.807) is 10.5 Å². The number of benzene rings is 1. The molecule has 0 atom stereocenters. The highest BCUT2D eigenvalue weighted by atomic mass is 32.2. The summed E-state index contributed by atoms with van der Waals surface area (Å²) in [6, 6.07) is 11.9. The number of pyridine rings is 1. The van der Waals surface area contributed by atoms with Crippen LogP contribution in [0.4, 0.5) is 5.82 Å². The van der Waals surface area contributed by atoms with E-state index in [1.165, 1.54) is 16.9 Å². The Kier molecular flexibility index (Phi) is 4.82. The van der Waals surface area contributed by atoms with Crippen LogP contribution in [0.1, 0.15) is 11.1 Å². The van der Waals surface area contributed by atoms with Gasteiger partial charge in [0, 0.05) is 55.6 Å². The number of likely N-dealkylation sites (N-methyl/N-ethyl adjacent to an activating group) is 1. The van der Waals surface area contributed by atoms with E-state index in [0.717, 1.165) is 54.1 Å². The first kappa shape index (κ1) is 19.0. The molecule has 0 aliphatic carbocycles. The number of rotatable bonds is 3. The minimum atomic E-state index is -3.53. The van der Waals surface area contributed by atoms with Crippen LogP contribution in [-0.2, 0) is 23.0 Å². The molecule has 1 fully saturated rings. The highest BCUT2D eigenvalue weighted by molar-refractivity contribution is 7.91. The molecular weight excluding hydrogens is 404 g/mol. The van der Waals surface area contributed by atoms with E-state index in [9.17, 15) is 8.42 Å². The van der Waals surface area contributed by atoms with Crippen LogP contribution >= 0.6 is 11.3 Å². The Morgan fingerprint density at radius 2 is 1.76 bits per heavy atom. The largest absolute Gasteiger partial charge is 0.354 e. The molecule has 29 heavy (non-hydrogen) atoms. The number of sulfonamides is 1. The zero-order valence-electron chi connectivity index (χ0n) is 16.4. The smallest absolute Gasteiger partial charge is 0.252 e. The fourth-order valence-corrected chi connectivity index (χ4v) is 7.08. The topological polar surface area (TPSA) is 56.8 Å². The number of aromatic nitrogens is 1. The summed E-state index contributed by atoms with van der Waals surface area (Å²) in [5.41, 5.74) is 2.35. The molecule has 6 nitrogen and oxygen atoms in total. The molecule has 152 valence electrons. The van der Waals surface area contributed by atoms with Crippen molar-refractivity contribution >= 4 is 37.3 Å². The summed E-state index contributed by atoms with van der Waals surface area (Å²) in [5.74, 6) is 0.900. The molecule has 2 aliphatic heterocycles. The SMILES string of the molecule is CN1CCN(c2nccc3sc(S(=O)(=O)N4CCc5ccccc5C4)cc23)CC1. The highest BCUT2D eigenvalue weighted by Crippen LogP contribution is 2.36. The minimum absolute atomic E-state index is 0.412. The maximum Gasteiger partial charge on any atom is 0.252 e. The quantitative estimate of drug-likeness (QED) is 0.642. The van der Waals surface area contributed by atoms with Crippen LogP contribution in [0.3, 0.4) is 0 Å². The molecule has 0 bridgehead atoms. The summed E-state index contributed by atoms with van der Waals surface area (Å²) < 4.78 is 29.8. The molecule has 2 aromatic heterocycles. The van der Waals surface area contributed by atoms with E-state index in [4.69, 9.17) is 0 Å². The van der Waals surface area contributed by atoms with Gasteiger partial charge in [-0.3, -0.25) is 0 Å². The average Bonchev–Trinajstić information content (AvgIpc) is 3.19. The van der Waals surface area contributed by atoms with Crippen LogP contribution in [0, 0.1) is 0 Å². The summed E-state index contributed by atoms with van der Waals surface area (Å²) in [5, 5.41) is 0.943. The molecule has 0 unspecified atom stereocenters. The standard InChI is InChI=1S/C21H24N4O2S2/c1-23-10-12-24(13-11-23)21-18-14-20(28-19(18)6-8-22-21)29(26,27)25-9-7-16-4-2-3-5-17(16)15-25/h2-6,8,14H,7,9-13,15H2,1H3. The summed E-state index contributed by atoms with van der Waals surface area (Å²) in [4.78, 5) is 9.17. The Morgan fingerprint density at radius 3 is 2.55 bits per heavy atom. The maximum atomic E-state index is 13.4. The van der Waals surface area contributed by atoms with Crippen LogP contribution in [-0.4, -0.2) is 62.4 Å². The van der Waals surface area contributed by atoms with Crippen molar-refractivity contribution in [1.29, 1.82) is 0 Å². The molecule has 4 heterocycles. The molecule has 0 N–H and O–H groups in total. The molecule has 1 aromatic carbocycles. The maximum absolute atomic E-state index is 13.4. The molecule has 0 spiro atoms. The number of anilines is 1. The lowest BCUT2D eigenvalue weighted by atomic mass is 10.0. The van der Waals surface area contributed by atoms with Gasteiger partial charge in [0.15, 0.2) is 0 Å². The molecule has 3 aromatic rings. The normalized spacial score (nSPS) is 18.9. The van der Waals surface area contributed by atoms with Crippen molar-refractivity contribution in [2.24, 2.45) is 0 Å². The first-order chi connectivity index (χ1) is 14.0. The molecule has 2 aliphatic rings. The van der Waals surface area contributed by atoms with Gasteiger partial charge in [0.1, 0.15) is 10.0 Å². The number of fused-ring (bicyclic) bond motifs is 2. The summed E-state index contributed by atoms with van der Waals surface area (Å²) >= 11 is 1.35. The third-order valence-corrected chi connectivity index (χ3v) is 9.29. The predicted molar refractivity (Wildman–Crippen MR) is 117 cm³/mol. The van der Waals surface area contributed by atoms with Gasteiger partial charge in [0.05, 0.1) is 0 Å². The van der Waals surface area contributed by atoms with Gasteiger partial charge in [-0.05, 0) is 36.7 Å². The lowest BCUT2D eigenvalue weighted by molar-refractivity contribution is 0.312. The predicted octanol–water partition coefficient (Wildman–Crippen LogP) is 2.80. The van der Waals surface area contributed by atoms with E-state index >= 15 is 0 Å². The number of thiophene rings is 1. The van der Waals surface area contributed by atoms with Crippen LogP contribution in [0.5, 0.6) is 0 Å². The van der Waals surface area contributed by atoms with E-state index in [0.29, 0.717) is 17.3 Å². The zero-order valence-corrected chi connectivity index (χ0v) is 18.0. The van der Waals surface area contributed by atoms with Crippen LogP contribution < -0.4 is 4.90 Å². The van der Waals surface area contributed by atoms with Crippen molar-refractivity contribution in [3.8, 4) is 0 Å². The molecule has 0 saturated carbocycles. The first-order valence-corrected chi connectivity index (χ1v) is 12.2. The summed E-state index contributed by atoms with van der Waals surface area (Å²) in [6.07, 6.45) is 2.55. The molecule has 0 radical (unpaired) electrons. The number of nitrogens with zero attached hydrogens (tertiary/aromatic N) is 4. The number of hydrogen-bond donors (Lipinski definition) is 0. The van der Waals surface area contributed by atoms with Crippen molar-refractivity contribution in [2.45, 2.75) is 17.2 Å². The summed E-state index contributed by atoms with van der Waals surface area (Å²) in [6.45, 7) is 4.75. The fraction of sp³-hybridized carbons (Fsp3) is 0.381. The van der Waals surface area contributed by atoms with Crippen molar-refractivity contribution in [3.05, 3.63) is 53.7 Å². The van der Waals surface area contributed by atoms with Crippen LogP contribution in [0.15, 0.2) is 46.8 Å². The van der Waals surface area contributed by atoms with Gasteiger partial charge in [0.25, 0.3) is 10.0 Å². The molecule has 5 rings (SSSR count). The van der Waals surface area contributed by atoms with Crippen molar-refractivity contribution in [1.82, 2.24) is 14.2 Å². The lowest BCUT2D eigenvalue weighted by Crippen LogP contribution is -2.44. The van der Waals surface area contributed by atoms with Crippen LogP contribution in [0.25, 0.3) is 10.1 Å². The Balaban J connectivity index is 1.48. The Morgan fingerprint density at radius 1 is 1.00 bits per heavy atom. The van der Waals surface area contributed by atoms with Gasteiger partial charge < -0.3 is 9.80 Å². The van der Waals surface area contributed by atoms with Crippen molar-refractivity contribution in [2.75, 3.05) is 44.7 Å². The second-order valence-electron chi connectivity index (χ2n) is 7.76. The van der Waals surface area contributed by atoms with Gasteiger partial charge in [-0.25, -0.2) is 13.4 Å². The second-order valence-corrected chi connectivity index (χ2v) is 11.0. The lowest BCUT2D eigenvalue weighted by Gasteiger charge is -2.33. The Hall–Kier alpha value is -2.00. The van der Waals surface area contributed by atoms with E-state index < -0.39 is 10.0 Å². The van der Waals surface area contributed by atoms with Crippen molar-refractivity contribution in [3.63, 3.8) is 0 Å². The molecule has 0 amide bonds. The number of hydrogen-bond acceptors (Lipinski definition) is 6. The third-order valence-electron chi connectivity index (χ3n) is 5.89. The first-order valence-electron chi connectivity index (χ1n) is 9.91. The van der Waals surface area contributed by atoms with E-state index in [-0.39, 0.29) is 0 Å². The van der Waals surface area contributed by atoms with Gasteiger partial charge >= 0.3 is 0 Å².